The molecule has 2 aromatic carbocycles. The van der Waals surface area contributed by atoms with Gasteiger partial charge >= 0.3 is 0 Å². The Labute approximate surface area is 127 Å². The Morgan fingerprint density at radius 1 is 1.05 bits per heavy atom. The van der Waals surface area contributed by atoms with Crippen LogP contribution in [-0.2, 0) is 13.0 Å². The van der Waals surface area contributed by atoms with Crippen LogP contribution >= 0.6 is 11.3 Å². The molecule has 1 heterocycles. The Kier molecular flexibility index (Phi) is 4.08. The number of thiazole rings is 1. The Morgan fingerprint density at radius 3 is 2.62 bits per heavy atom. The summed E-state index contributed by atoms with van der Waals surface area (Å²) in [6.45, 7) is 0.409. The van der Waals surface area contributed by atoms with E-state index in [1.165, 1.54) is 6.07 Å². The maximum absolute atomic E-state index is 13.4. The zero-order valence-corrected chi connectivity index (χ0v) is 12.2. The maximum atomic E-state index is 13.4. The Balaban J connectivity index is 1.87. The summed E-state index contributed by atoms with van der Waals surface area (Å²) < 4.78 is 13.4. The van der Waals surface area contributed by atoms with Crippen molar-refractivity contribution in [2.24, 2.45) is 5.73 Å². The van der Waals surface area contributed by atoms with Crippen molar-refractivity contribution in [3.8, 4) is 11.3 Å². The zero-order valence-electron chi connectivity index (χ0n) is 11.4. The summed E-state index contributed by atoms with van der Waals surface area (Å²) in [4.78, 5) is 4.64. The van der Waals surface area contributed by atoms with Crippen LogP contribution < -0.4 is 5.73 Å². The molecule has 21 heavy (non-hydrogen) atoms. The molecule has 0 unspecified atom stereocenters. The van der Waals surface area contributed by atoms with Gasteiger partial charge in [-0.05, 0) is 23.3 Å². The van der Waals surface area contributed by atoms with Gasteiger partial charge < -0.3 is 5.73 Å². The lowest BCUT2D eigenvalue weighted by Crippen LogP contribution is -2.02. The Morgan fingerprint density at radius 2 is 1.86 bits per heavy atom. The van der Waals surface area contributed by atoms with Crippen molar-refractivity contribution in [3.05, 3.63) is 75.9 Å². The minimum Gasteiger partial charge on any atom is -0.326 e. The molecule has 106 valence electrons. The standard InChI is InChI=1S/C17H15FN2S/c18-15-7-6-13(10-19)14(8-15)9-17-20-16(11-21-17)12-4-2-1-3-5-12/h1-8,11H,9-10,19H2. The molecule has 0 bridgehead atoms. The second-order valence-electron chi connectivity index (χ2n) is 4.79. The van der Waals surface area contributed by atoms with Crippen LogP contribution in [0.5, 0.6) is 0 Å². The summed E-state index contributed by atoms with van der Waals surface area (Å²) in [7, 11) is 0. The van der Waals surface area contributed by atoms with Gasteiger partial charge in [0.2, 0.25) is 0 Å². The van der Waals surface area contributed by atoms with E-state index in [0.717, 1.165) is 27.4 Å². The van der Waals surface area contributed by atoms with E-state index in [1.54, 1.807) is 23.5 Å². The molecule has 0 aliphatic carbocycles. The molecule has 0 saturated carbocycles. The first kappa shape index (κ1) is 13.9. The molecule has 0 aliphatic rings. The summed E-state index contributed by atoms with van der Waals surface area (Å²) in [5, 5.41) is 3.00. The van der Waals surface area contributed by atoms with Crippen molar-refractivity contribution in [1.82, 2.24) is 4.98 Å². The van der Waals surface area contributed by atoms with E-state index in [-0.39, 0.29) is 5.82 Å². The number of aromatic nitrogens is 1. The number of halogens is 1. The van der Waals surface area contributed by atoms with E-state index in [0.29, 0.717) is 13.0 Å². The third kappa shape index (κ3) is 3.17. The van der Waals surface area contributed by atoms with Gasteiger partial charge in [0, 0.05) is 23.9 Å². The van der Waals surface area contributed by atoms with Crippen LogP contribution in [-0.4, -0.2) is 4.98 Å². The molecule has 1 aromatic heterocycles. The Bertz CT molecular complexity index is 738. The highest BCUT2D eigenvalue weighted by Gasteiger charge is 2.08. The first-order valence-electron chi connectivity index (χ1n) is 6.73. The van der Waals surface area contributed by atoms with Crippen molar-refractivity contribution in [3.63, 3.8) is 0 Å². The van der Waals surface area contributed by atoms with Gasteiger partial charge in [0.05, 0.1) is 10.7 Å². The highest BCUT2D eigenvalue weighted by molar-refractivity contribution is 7.10. The van der Waals surface area contributed by atoms with Gasteiger partial charge in [-0.3, -0.25) is 0 Å². The third-order valence-corrected chi connectivity index (χ3v) is 4.20. The monoisotopic (exact) mass is 298 g/mol. The van der Waals surface area contributed by atoms with Gasteiger partial charge in [-0.1, -0.05) is 36.4 Å². The van der Waals surface area contributed by atoms with Gasteiger partial charge in [-0.2, -0.15) is 0 Å². The molecular formula is C17H15FN2S. The molecule has 0 aliphatic heterocycles. The molecular weight excluding hydrogens is 283 g/mol. The average molecular weight is 298 g/mol. The summed E-state index contributed by atoms with van der Waals surface area (Å²) >= 11 is 1.59. The minimum atomic E-state index is -0.234. The summed E-state index contributed by atoms with van der Waals surface area (Å²) in [6.07, 6.45) is 0.613. The first-order chi connectivity index (χ1) is 10.3. The topological polar surface area (TPSA) is 38.9 Å². The van der Waals surface area contributed by atoms with Crippen LogP contribution in [0.25, 0.3) is 11.3 Å². The molecule has 0 atom stereocenters. The quantitative estimate of drug-likeness (QED) is 0.790. The van der Waals surface area contributed by atoms with E-state index < -0.39 is 0 Å². The SMILES string of the molecule is NCc1ccc(F)cc1Cc1nc(-c2ccccc2)cs1. The summed E-state index contributed by atoms with van der Waals surface area (Å²) in [5.41, 5.74) is 9.64. The number of hydrogen-bond acceptors (Lipinski definition) is 3. The second kappa shape index (κ2) is 6.16. The van der Waals surface area contributed by atoms with Crippen LogP contribution in [0.2, 0.25) is 0 Å². The fraction of sp³-hybridized carbons (Fsp3) is 0.118. The fourth-order valence-corrected chi connectivity index (χ4v) is 3.08. The van der Waals surface area contributed by atoms with E-state index in [9.17, 15) is 4.39 Å². The average Bonchev–Trinajstić information content (AvgIpc) is 2.97. The van der Waals surface area contributed by atoms with Crippen LogP contribution in [0.15, 0.2) is 53.9 Å². The number of nitrogens with two attached hydrogens (primary N) is 1. The molecule has 3 rings (SSSR count). The van der Waals surface area contributed by atoms with Gasteiger partial charge in [-0.25, -0.2) is 9.37 Å². The Hall–Kier alpha value is -2.04. The van der Waals surface area contributed by atoms with Gasteiger partial charge in [0.15, 0.2) is 0 Å². The van der Waals surface area contributed by atoms with Crippen molar-refractivity contribution in [2.75, 3.05) is 0 Å². The minimum absolute atomic E-state index is 0.234. The van der Waals surface area contributed by atoms with Gasteiger partial charge in [-0.15, -0.1) is 11.3 Å². The van der Waals surface area contributed by atoms with Crippen molar-refractivity contribution in [2.45, 2.75) is 13.0 Å². The molecule has 4 heteroatoms. The van der Waals surface area contributed by atoms with Crippen LogP contribution in [0.4, 0.5) is 4.39 Å². The lowest BCUT2D eigenvalue weighted by molar-refractivity contribution is 0.625. The molecule has 0 saturated heterocycles. The lowest BCUT2D eigenvalue weighted by Gasteiger charge is -2.06. The molecule has 2 N–H and O–H groups in total. The lowest BCUT2D eigenvalue weighted by atomic mass is 10.0. The fourth-order valence-electron chi connectivity index (χ4n) is 2.25. The number of nitrogens with zero attached hydrogens (tertiary/aromatic N) is 1. The van der Waals surface area contributed by atoms with E-state index in [4.69, 9.17) is 5.73 Å². The molecule has 0 amide bonds. The normalized spacial score (nSPS) is 10.8. The molecule has 0 radical (unpaired) electrons. The van der Waals surface area contributed by atoms with Gasteiger partial charge in [0.1, 0.15) is 5.82 Å². The highest BCUT2D eigenvalue weighted by Crippen LogP contribution is 2.24. The molecule has 2 nitrogen and oxygen atoms in total. The van der Waals surface area contributed by atoms with Crippen molar-refractivity contribution >= 4 is 11.3 Å². The van der Waals surface area contributed by atoms with E-state index >= 15 is 0 Å². The summed E-state index contributed by atoms with van der Waals surface area (Å²) in [6, 6.07) is 14.8. The maximum Gasteiger partial charge on any atom is 0.123 e. The third-order valence-electron chi connectivity index (χ3n) is 3.35. The summed E-state index contributed by atoms with van der Waals surface area (Å²) in [5.74, 6) is -0.234. The zero-order chi connectivity index (χ0) is 14.7. The number of hydrogen-bond donors (Lipinski definition) is 1. The highest BCUT2D eigenvalue weighted by atomic mass is 32.1. The second-order valence-corrected chi connectivity index (χ2v) is 5.73. The van der Waals surface area contributed by atoms with E-state index in [2.05, 4.69) is 4.98 Å². The van der Waals surface area contributed by atoms with Gasteiger partial charge in [0.25, 0.3) is 0 Å². The van der Waals surface area contributed by atoms with Crippen molar-refractivity contribution in [1.29, 1.82) is 0 Å². The first-order valence-corrected chi connectivity index (χ1v) is 7.61. The number of rotatable bonds is 4. The van der Waals surface area contributed by atoms with E-state index in [1.807, 2.05) is 35.7 Å². The van der Waals surface area contributed by atoms with Crippen molar-refractivity contribution < 1.29 is 4.39 Å². The molecule has 0 spiro atoms. The van der Waals surface area contributed by atoms with Crippen LogP contribution in [0.1, 0.15) is 16.1 Å². The number of benzene rings is 2. The van der Waals surface area contributed by atoms with Crippen LogP contribution in [0.3, 0.4) is 0 Å². The largest absolute Gasteiger partial charge is 0.326 e. The smallest absolute Gasteiger partial charge is 0.123 e. The predicted molar refractivity (Wildman–Crippen MR) is 84.6 cm³/mol. The molecule has 0 fully saturated rings. The van der Waals surface area contributed by atoms with Crippen LogP contribution in [0, 0.1) is 5.82 Å². The molecule has 3 aromatic rings. The predicted octanol–water partition coefficient (Wildman–Crippen LogP) is 4.00.